The van der Waals surface area contributed by atoms with Crippen LogP contribution in [0.1, 0.15) is 27.2 Å². The first kappa shape index (κ1) is 16.0. The molecule has 0 radical (unpaired) electrons. The predicted molar refractivity (Wildman–Crippen MR) is 92.7 cm³/mol. The lowest BCUT2D eigenvalue weighted by Crippen LogP contribution is -2.40. The maximum atomic E-state index is 12.6. The van der Waals surface area contributed by atoms with Gasteiger partial charge in [-0.05, 0) is 37.0 Å². The number of methoxy groups -OCH3 is 1. The van der Waals surface area contributed by atoms with Crippen molar-refractivity contribution in [1.82, 2.24) is 0 Å². The Hall–Kier alpha value is -2.54. The molecule has 1 N–H and O–H groups in total. The summed E-state index contributed by atoms with van der Waals surface area (Å²) >= 11 is 1.44. The third kappa shape index (κ3) is 2.84. The number of thiophene rings is 1. The van der Waals surface area contributed by atoms with Crippen LogP contribution in [0.2, 0.25) is 0 Å². The summed E-state index contributed by atoms with van der Waals surface area (Å²) in [6.45, 7) is 0.126. The summed E-state index contributed by atoms with van der Waals surface area (Å²) < 4.78 is 16.2. The van der Waals surface area contributed by atoms with E-state index in [2.05, 4.69) is 5.32 Å². The first-order valence-corrected chi connectivity index (χ1v) is 8.91. The van der Waals surface area contributed by atoms with E-state index >= 15 is 0 Å². The van der Waals surface area contributed by atoms with Crippen LogP contribution in [0.15, 0.2) is 24.3 Å². The van der Waals surface area contributed by atoms with E-state index in [1.807, 2.05) is 12.1 Å². The fraction of sp³-hybridized carbons (Fsp3) is 0.333. The molecule has 1 amide bonds. The highest BCUT2D eigenvalue weighted by atomic mass is 32.1. The Bertz CT molecular complexity index is 844. The first-order chi connectivity index (χ1) is 12.2. The van der Waals surface area contributed by atoms with Crippen LogP contribution in [0.4, 0.5) is 5.00 Å². The van der Waals surface area contributed by atoms with Gasteiger partial charge in [-0.3, -0.25) is 4.79 Å². The Morgan fingerprint density at radius 3 is 2.84 bits per heavy atom. The highest BCUT2D eigenvalue weighted by molar-refractivity contribution is 7.17. The van der Waals surface area contributed by atoms with Gasteiger partial charge < -0.3 is 19.5 Å². The lowest BCUT2D eigenvalue weighted by atomic mass is 10.1. The molecule has 0 fully saturated rings. The van der Waals surface area contributed by atoms with Crippen molar-refractivity contribution in [3.63, 3.8) is 0 Å². The number of para-hydroxylation sites is 2. The molecule has 25 heavy (non-hydrogen) atoms. The highest BCUT2D eigenvalue weighted by Gasteiger charge is 2.32. The Labute approximate surface area is 148 Å². The molecular formula is C18H17NO5S. The van der Waals surface area contributed by atoms with Gasteiger partial charge in [0.25, 0.3) is 5.91 Å². The van der Waals surface area contributed by atoms with E-state index in [9.17, 15) is 9.59 Å². The zero-order chi connectivity index (χ0) is 17.4. The van der Waals surface area contributed by atoms with Crippen molar-refractivity contribution in [3.8, 4) is 11.5 Å². The SMILES string of the molecule is COC(=O)c1c(NC(=O)[C@H]2COc3ccccc3O2)sc2c1CCC2. The summed E-state index contributed by atoms with van der Waals surface area (Å²) in [5.41, 5.74) is 1.48. The molecule has 2 aromatic rings. The van der Waals surface area contributed by atoms with Crippen LogP contribution >= 0.6 is 11.3 Å². The number of amides is 1. The van der Waals surface area contributed by atoms with Crippen LogP contribution in [-0.4, -0.2) is 31.7 Å². The lowest BCUT2D eigenvalue weighted by Gasteiger charge is -2.25. The van der Waals surface area contributed by atoms with Gasteiger partial charge in [0, 0.05) is 4.88 Å². The van der Waals surface area contributed by atoms with Crippen molar-refractivity contribution < 1.29 is 23.8 Å². The number of ether oxygens (including phenoxy) is 3. The second kappa shape index (κ2) is 6.40. The topological polar surface area (TPSA) is 73.9 Å². The second-order valence-corrected chi connectivity index (χ2v) is 7.01. The maximum absolute atomic E-state index is 12.6. The van der Waals surface area contributed by atoms with E-state index in [4.69, 9.17) is 14.2 Å². The van der Waals surface area contributed by atoms with Gasteiger partial charge in [0.2, 0.25) is 6.10 Å². The Morgan fingerprint density at radius 2 is 2.04 bits per heavy atom. The minimum Gasteiger partial charge on any atom is -0.485 e. The summed E-state index contributed by atoms with van der Waals surface area (Å²) in [6.07, 6.45) is 2.02. The van der Waals surface area contributed by atoms with E-state index < -0.39 is 12.1 Å². The molecule has 1 atom stereocenters. The second-order valence-electron chi connectivity index (χ2n) is 5.91. The van der Waals surface area contributed by atoms with Gasteiger partial charge in [-0.1, -0.05) is 12.1 Å². The summed E-state index contributed by atoms with van der Waals surface area (Å²) in [7, 11) is 1.35. The van der Waals surface area contributed by atoms with Crippen LogP contribution < -0.4 is 14.8 Å². The number of esters is 1. The van der Waals surface area contributed by atoms with E-state index in [1.54, 1.807) is 12.1 Å². The number of hydrogen-bond donors (Lipinski definition) is 1. The average molecular weight is 359 g/mol. The predicted octanol–water partition coefficient (Wildman–Crippen LogP) is 2.80. The number of nitrogens with one attached hydrogen (secondary N) is 1. The highest BCUT2D eigenvalue weighted by Crippen LogP contribution is 2.40. The third-order valence-electron chi connectivity index (χ3n) is 4.35. The molecule has 2 aliphatic rings. The van der Waals surface area contributed by atoms with E-state index in [1.165, 1.54) is 18.4 Å². The van der Waals surface area contributed by atoms with Crippen LogP contribution in [0.5, 0.6) is 11.5 Å². The zero-order valence-electron chi connectivity index (χ0n) is 13.7. The molecule has 0 bridgehead atoms. The molecule has 0 saturated carbocycles. The molecular weight excluding hydrogens is 342 g/mol. The van der Waals surface area contributed by atoms with Gasteiger partial charge in [-0.25, -0.2) is 4.79 Å². The number of benzene rings is 1. The van der Waals surface area contributed by atoms with Gasteiger partial charge in [0.05, 0.1) is 12.7 Å². The fourth-order valence-corrected chi connectivity index (χ4v) is 4.43. The van der Waals surface area contributed by atoms with Crippen molar-refractivity contribution in [2.45, 2.75) is 25.4 Å². The normalized spacial score (nSPS) is 17.7. The number of carbonyl (C=O) groups is 2. The van der Waals surface area contributed by atoms with E-state index in [-0.39, 0.29) is 12.5 Å². The molecule has 0 spiro atoms. The molecule has 7 heteroatoms. The monoisotopic (exact) mass is 359 g/mol. The average Bonchev–Trinajstić information content (AvgIpc) is 3.21. The molecule has 1 aliphatic heterocycles. The van der Waals surface area contributed by atoms with Crippen LogP contribution in [-0.2, 0) is 22.4 Å². The Balaban J connectivity index is 1.55. The molecule has 4 rings (SSSR count). The van der Waals surface area contributed by atoms with Gasteiger partial charge in [0.15, 0.2) is 11.5 Å². The number of carbonyl (C=O) groups excluding carboxylic acids is 2. The van der Waals surface area contributed by atoms with Crippen molar-refractivity contribution in [3.05, 3.63) is 40.3 Å². The van der Waals surface area contributed by atoms with Gasteiger partial charge in [-0.15, -0.1) is 11.3 Å². The molecule has 0 unspecified atom stereocenters. The maximum Gasteiger partial charge on any atom is 0.341 e. The van der Waals surface area contributed by atoms with Crippen LogP contribution in [0.25, 0.3) is 0 Å². The Morgan fingerprint density at radius 1 is 1.24 bits per heavy atom. The van der Waals surface area contributed by atoms with E-state index in [0.29, 0.717) is 22.1 Å². The largest absolute Gasteiger partial charge is 0.485 e. The molecule has 1 aromatic carbocycles. The quantitative estimate of drug-likeness (QED) is 0.853. The van der Waals surface area contributed by atoms with Crippen molar-refractivity contribution in [2.75, 3.05) is 19.0 Å². The molecule has 1 aliphatic carbocycles. The van der Waals surface area contributed by atoms with Crippen molar-refractivity contribution in [2.24, 2.45) is 0 Å². The molecule has 0 saturated heterocycles. The number of hydrogen-bond acceptors (Lipinski definition) is 6. The minimum absolute atomic E-state index is 0.126. The zero-order valence-corrected chi connectivity index (χ0v) is 14.5. The molecule has 6 nitrogen and oxygen atoms in total. The summed E-state index contributed by atoms with van der Waals surface area (Å²) in [6, 6.07) is 7.22. The number of fused-ring (bicyclic) bond motifs is 2. The lowest BCUT2D eigenvalue weighted by molar-refractivity contribution is -0.125. The van der Waals surface area contributed by atoms with Crippen LogP contribution in [0.3, 0.4) is 0 Å². The standard InChI is InChI=1S/C18H17NO5S/c1-22-18(21)15-10-5-4-8-14(10)25-17(15)19-16(20)13-9-23-11-6-2-3-7-12(11)24-13/h2-3,6-7,13H,4-5,8-9H2,1H3,(H,19,20)/t13-/m1/s1. The number of rotatable bonds is 3. The summed E-state index contributed by atoms with van der Waals surface area (Å²) in [5.74, 6) is 0.410. The smallest absolute Gasteiger partial charge is 0.341 e. The van der Waals surface area contributed by atoms with Gasteiger partial charge in [-0.2, -0.15) is 0 Å². The van der Waals surface area contributed by atoms with Crippen molar-refractivity contribution in [1.29, 1.82) is 0 Å². The molecule has 130 valence electrons. The van der Waals surface area contributed by atoms with Crippen molar-refractivity contribution >= 4 is 28.2 Å². The van der Waals surface area contributed by atoms with Gasteiger partial charge in [0.1, 0.15) is 11.6 Å². The molecule has 2 heterocycles. The Kier molecular flexibility index (Phi) is 4.09. The van der Waals surface area contributed by atoms with Gasteiger partial charge >= 0.3 is 5.97 Å². The third-order valence-corrected chi connectivity index (χ3v) is 5.56. The fourth-order valence-electron chi connectivity index (χ4n) is 3.15. The first-order valence-electron chi connectivity index (χ1n) is 8.09. The number of aryl methyl sites for hydroxylation is 1. The van der Waals surface area contributed by atoms with E-state index in [0.717, 1.165) is 29.7 Å². The van der Waals surface area contributed by atoms with Crippen LogP contribution in [0, 0.1) is 0 Å². The summed E-state index contributed by atoms with van der Waals surface area (Å²) in [4.78, 5) is 25.9. The summed E-state index contributed by atoms with van der Waals surface area (Å²) in [5, 5.41) is 3.36. The number of anilines is 1. The molecule has 1 aromatic heterocycles. The minimum atomic E-state index is -0.766.